The van der Waals surface area contributed by atoms with Crippen LogP contribution in [0.25, 0.3) is 11.0 Å². The maximum atomic E-state index is 9.61. The molecule has 2 aromatic rings. The zero-order chi connectivity index (χ0) is 12.7. The van der Waals surface area contributed by atoms with Crippen LogP contribution in [0, 0.1) is 13.8 Å². The number of phenolic OH excluding ortho intramolecular Hbond substituents is 1. The van der Waals surface area contributed by atoms with E-state index in [9.17, 15) is 5.11 Å². The molecule has 0 fully saturated rings. The third kappa shape index (κ3) is 2.78. The fraction of sp³-hybridized carbons (Fsp3) is 0.429. The fourth-order valence-corrected chi connectivity index (χ4v) is 1.47. The smallest absolute Gasteiger partial charge is 0.140 e. The first-order chi connectivity index (χ1) is 7.70. The van der Waals surface area contributed by atoms with Gasteiger partial charge in [0, 0.05) is 0 Å². The van der Waals surface area contributed by atoms with Crippen molar-refractivity contribution in [1.82, 2.24) is 0 Å². The molecule has 2 heteroatoms. The van der Waals surface area contributed by atoms with E-state index in [1.807, 2.05) is 47.6 Å². The second kappa shape index (κ2) is 6.94. The summed E-state index contributed by atoms with van der Waals surface area (Å²) in [6, 6.07) is 3.70. The Morgan fingerprint density at radius 1 is 1.00 bits per heavy atom. The van der Waals surface area contributed by atoms with E-state index >= 15 is 0 Å². The van der Waals surface area contributed by atoms with Gasteiger partial charge >= 0.3 is 0 Å². The molecule has 0 aliphatic heterocycles. The highest BCUT2D eigenvalue weighted by Gasteiger charge is 2.07. The van der Waals surface area contributed by atoms with Crippen LogP contribution >= 0.6 is 0 Å². The van der Waals surface area contributed by atoms with Crippen LogP contribution in [0.3, 0.4) is 0 Å². The Morgan fingerprint density at radius 2 is 1.56 bits per heavy atom. The van der Waals surface area contributed by atoms with Crippen LogP contribution < -0.4 is 0 Å². The standard InChI is InChI=1S/C10H10O2.2C2H6/c1-6-5-7(2)10-8(9(6)11)3-4-12-10;2*1-2/h3-5,11H,1-2H3;2*1-2H3. The maximum Gasteiger partial charge on any atom is 0.140 e. The molecule has 16 heavy (non-hydrogen) atoms. The monoisotopic (exact) mass is 222 g/mol. The van der Waals surface area contributed by atoms with Crippen molar-refractivity contribution in [2.75, 3.05) is 0 Å². The van der Waals surface area contributed by atoms with E-state index in [0.29, 0.717) is 5.75 Å². The van der Waals surface area contributed by atoms with E-state index in [1.165, 1.54) is 0 Å². The molecule has 0 amide bonds. The Labute approximate surface area is 97.9 Å². The summed E-state index contributed by atoms with van der Waals surface area (Å²) >= 11 is 0. The van der Waals surface area contributed by atoms with Crippen LogP contribution in [0.1, 0.15) is 38.8 Å². The molecule has 0 saturated carbocycles. The van der Waals surface area contributed by atoms with Crippen LogP contribution in [0.4, 0.5) is 0 Å². The molecule has 0 radical (unpaired) electrons. The number of aryl methyl sites for hydroxylation is 2. The van der Waals surface area contributed by atoms with Crippen LogP contribution in [0.2, 0.25) is 0 Å². The van der Waals surface area contributed by atoms with Crippen molar-refractivity contribution in [2.24, 2.45) is 0 Å². The van der Waals surface area contributed by atoms with Gasteiger partial charge in [-0.1, -0.05) is 27.7 Å². The lowest BCUT2D eigenvalue weighted by molar-refractivity contribution is 0.477. The average molecular weight is 222 g/mol. The van der Waals surface area contributed by atoms with Gasteiger partial charge in [0.2, 0.25) is 0 Å². The molecule has 0 atom stereocenters. The van der Waals surface area contributed by atoms with Gasteiger partial charge in [0.15, 0.2) is 0 Å². The summed E-state index contributed by atoms with van der Waals surface area (Å²) in [5.74, 6) is 0.323. The summed E-state index contributed by atoms with van der Waals surface area (Å²) in [5.41, 5.74) is 2.73. The van der Waals surface area contributed by atoms with Crippen molar-refractivity contribution in [3.63, 3.8) is 0 Å². The van der Waals surface area contributed by atoms with Crippen molar-refractivity contribution in [3.8, 4) is 5.75 Å². The molecule has 2 nitrogen and oxygen atoms in total. The van der Waals surface area contributed by atoms with Gasteiger partial charge in [-0.15, -0.1) is 0 Å². The lowest BCUT2D eigenvalue weighted by Crippen LogP contribution is -1.79. The molecule has 90 valence electrons. The third-order valence-electron chi connectivity index (χ3n) is 2.09. The molecule has 0 saturated heterocycles. The first-order valence-corrected chi connectivity index (χ1v) is 5.86. The van der Waals surface area contributed by atoms with E-state index in [1.54, 1.807) is 12.3 Å². The van der Waals surface area contributed by atoms with E-state index in [2.05, 4.69) is 0 Å². The number of rotatable bonds is 0. The van der Waals surface area contributed by atoms with Crippen molar-refractivity contribution in [2.45, 2.75) is 41.5 Å². The average Bonchev–Trinajstić information content (AvgIpc) is 2.81. The summed E-state index contributed by atoms with van der Waals surface area (Å²) in [7, 11) is 0. The Hall–Kier alpha value is -1.44. The molecule has 1 N–H and O–H groups in total. The van der Waals surface area contributed by atoms with Gasteiger partial charge in [0.1, 0.15) is 11.3 Å². The van der Waals surface area contributed by atoms with Gasteiger partial charge in [-0.2, -0.15) is 0 Å². The number of hydrogen-bond acceptors (Lipinski definition) is 2. The third-order valence-corrected chi connectivity index (χ3v) is 2.09. The summed E-state index contributed by atoms with van der Waals surface area (Å²) < 4.78 is 5.22. The quantitative estimate of drug-likeness (QED) is 0.694. The lowest BCUT2D eigenvalue weighted by Gasteiger charge is -2.01. The zero-order valence-electron chi connectivity index (χ0n) is 11.1. The molecule has 0 spiro atoms. The lowest BCUT2D eigenvalue weighted by atomic mass is 10.1. The molecule has 2 rings (SSSR count). The SMILES string of the molecule is CC.CC.Cc1cc(C)c2occc2c1O. The van der Waals surface area contributed by atoms with E-state index in [-0.39, 0.29) is 0 Å². The molecule has 1 aromatic heterocycles. The Kier molecular flexibility index (Phi) is 6.31. The summed E-state index contributed by atoms with van der Waals surface area (Å²) in [5, 5.41) is 10.4. The second-order valence-corrected chi connectivity index (χ2v) is 3.02. The van der Waals surface area contributed by atoms with Crippen molar-refractivity contribution < 1.29 is 9.52 Å². The molecule has 1 heterocycles. The van der Waals surface area contributed by atoms with Crippen molar-refractivity contribution in [1.29, 1.82) is 0 Å². The first kappa shape index (κ1) is 14.6. The number of furan rings is 1. The molecule has 0 aliphatic carbocycles. The molecule has 0 bridgehead atoms. The van der Waals surface area contributed by atoms with Gasteiger partial charge in [-0.3, -0.25) is 0 Å². The number of hydrogen-bond donors (Lipinski definition) is 1. The van der Waals surface area contributed by atoms with E-state index < -0.39 is 0 Å². The van der Waals surface area contributed by atoms with Crippen molar-refractivity contribution >= 4 is 11.0 Å². The summed E-state index contributed by atoms with van der Waals surface area (Å²) in [4.78, 5) is 0. The van der Waals surface area contributed by atoms with Gasteiger partial charge in [0.05, 0.1) is 11.6 Å². The highest BCUT2D eigenvalue weighted by atomic mass is 16.3. The number of aromatic hydroxyl groups is 1. The highest BCUT2D eigenvalue weighted by molar-refractivity contribution is 5.87. The molecule has 0 unspecified atom stereocenters. The van der Waals surface area contributed by atoms with Gasteiger partial charge < -0.3 is 9.52 Å². The topological polar surface area (TPSA) is 33.4 Å². The Balaban J connectivity index is 0.000000509. The number of phenols is 1. The number of fused-ring (bicyclic) bond motifs is 1. The molecular weight excluding hydrogens is 200 g/mol. The largest absolute Gasteiger partial charge is 0.507 e. The normalized spacial score (nSPS) is 8.88. The van der Waals surface area contributed by atoms with Crippen LogP contribution in [0.5, 0.6) is 5.75 Å². The Bertz CT molecular complexity index is 427. The highest BCUT2D eigenvalue weighted by Crippen LogP contribution is 2.31. The minimum atomic E-state index is 0.323. The summed E-state index contributed by atoms with van der Waals surface area (Å²) in [6.07, 6.45) is 1.59. The fourth-order valence-electron chi connectivity index (χ4n) is 1.47. The second-order valence-electron chi connectivity index (χ2n) is 3.02. The maximum absolute atomic E-state index is 9.61. The minimum Gasteiger partial charge on any atom is -0.507 e. The summed E-state index contributed by atoms with van der Waals surface area (Å²) in [6.45, 7) is 11.9. The van der Waals surface area contributed by atoms with Crippen LogP contribution in [-0.2, 0) is 0 Å². The van der Waals surface area contributed by atoms with Gasteiger partial charge in [0.25, 0.3) is 0 Å². The van der Waals surface area contributed by atoms with Crippen LogP contribution in [0.15, 0.2) is 22.8 Å². The molecule has 0 aliphatic rings. The van der Waals surface area contributed by atoms with Gasteiger partial charge in [-0.25, -0.2) is 0 Å². The first-order valence-electron chi connectivity index (χ1n) is 5.86. The molecule has 1 aromatic carbocycles. The van der Waals surface area contributed by atoms with E-state index in [4.69, 9.17) is 4.42 Å². The predicted molar refractivity (Wildman–Crippen MR) is 70.0 cm³/mol. The number of benzene rings is 1. The predicted octanol–water partition coefficient (Wildman–Crippen LogP) is 4.81. The Morgan fingerprint density at radius 3 is 2.12 bits per heavy atom. The van der Waals surface area contributed by atoms with E-state index in [0.717, 1.165) is 22.1 Å². The molecular formula is C14H22O2. The van der Waals surface area contributed by atoms with Crippen LogP contribution in [-0.4, -0.2) is 5.11 Å². The minimum absolute atomic E-state index is 0.323. The van der Waals surface area contributed by atoms with Crippen molar-refractivity contribution in [3.05, 3.63) is 29.5 Å². The zero-order valence-corrected chi connectivity index (χ0v) is 11.1. The van der Waals surface area contributed by atoms with Gasteiger partial charge in [-0.05, 0) is 37.1 Å².